The summed E-state index contributed by atoms with van der Waals surface area (Å²) in [7, 11) is 0. The molecule has 2 saturated heterocycles. The SMILES string of the molecule is C[C@H](c1ccc(Br)cc1)N1CCC([C@]2(c3ccccc3)CCC(=O)NC2=O)CC1. The van der Waals surface area contributed by atoms with Crippen molar-refractivity contribution in [3.8, 4) is 0 Å². The summed E-state index contributed by atoms with van der Waals surface area (Å²) in [5.74, 6) is -0.0198. The van der Waals surface area contributed by atoms with Crippen molar-refractivity contribution in [3.63, 3.8) is 0 Å². The summed E-state index contributed by atoms with van der Waals surface area (Å²) in [4.78, 5) is 27.5. The standard InChI is InChI=1S/C24H27BrN2O2/c1-17(18-7-9-21(25)10-8-18)27-15-12-20(13-16-27)24(19-5-3-2-4-6-19)14-11-22(28)26-23(24)29/h2-10,17,20H,11-16H2,1H3,(H,26,28,29)/t17-,24-/m1/s1. The number of nitrogens with zero attached hydrogens (tertiary/aromatic N) is 1. The molecule has 0 radical (unpaired) electrons. The molecule has 0 bridgehead atoms. The highest BCUT2D eigenvalue weighted by Crippen LogP contribution is 2.45. The third-order valence-corrected chi connectivity index (χ3v) is 7.35. The van der Waals surface area contributed by atoms with Gasteiger partial charge in [0.25, 0.3) is 0 Å². The first-order chi connectivity index (χ1) is 14.0. The smallest absolute Gasteiger partial charge is 0.237 e. The number of rotatable bonds is 4. The number of imide groups is 1. The Bertz CT molecular complexity index is 876. The number of halogens is 1. The summed E-state index contributed by atoms with van der Waals surface area (Å²) in [6.45, 7) is 4.16. The topological polar surface area (TPSA) is 49.4 Å². The van der Waals surface area contributed by atoms with Gasteiger partial charge < -0.3 is 0 Å². The number of piperidine rings is 2. The fraction of sp³-hybridized carbons (Fsp3) is 0.417. The van der Waals surface area contributed by atoms with Crippen molar-refractivity contribution in [2.75, 3.05) is 13.1 Å². The Morgan fingerprint density at radius 1 is 1.03 bits per heavy atom. The second-order valence-electron chi connectivity index (χ2n) is 8.25. The van der Waals surface area contributed by atoms with E-state index in [-0.39, 0.29) is 17.7 Å². The van der Waals surface area contributed by atoms with Crippen LogP contribution in [-0.2, 0) is 15.0 Å². The zero-order valence-corrected chi connectivity index (χ0v) is 18.3. The van der Waals surface area contributed by atoms with Crippen LogP contribution in [0, 0.1) is 5.92 Å². The number of hydrogen-bond donors (Lipinski definition) is 1. The highest BCUT2D eigenvalue weighted by atomic mass is 79.9. The maximum atomic E-state index is 13.1. The van der Waals surface area contributed by atoms with Crippen LogP contribution in [0.2, 0.25) is 0 Å². The molecule has 29 heavy (non-hydrogen) atoms. The Morgan fingerprint density at radius 2 is 1.69 bits per heavy atom. The summed E-state index contributed by atoms with van der Waals surface area (Å²) in [6.07, 6.45) is 2.93. The molecule has 2 aliphatic heterocycles. The number of hydrogen-bond acceptors (Lipinski definition) is 3. The zero-order valence-electron chi connectivity index (χ0n) is 16.7. The highest BCUT2D eigenvalue weighted by molar-refractivity contribution is 9.10. The average Bonchev–Trinajstić information content (AvgIpc) is 2.75. The summed E-state index contributed by atoms with van der Waals surface area (Å²) in [5.41, 5.74) is 1.76. The maximum absolute atomic E-state index is 13.1. The van der Waals surface area contributed by atoms with Gasteiger partial charge in [-0.25, -0.2) is 0 Å². The largest absolute Gasteiger partial charge is 0.297 e. The number of amides is 2. The molecule has 0 aliphatic carbocycles. The fourth-order valence-corrected chi connectivity index (χ4v) is 5.36. The van der Waals surface area contributed by atoms with Crippen LogP contribution in [0.1, 0.15) is 49.8 Å². The van der Waals surface area contributed by atoms with Crippen LogP contribution in [0.4, 0.5) is 0 Å². The van der Waals surface area contributed by atoms with E-state index in [4.69, 9.17) is 0 Å². The number of carbonyl (C=O) groups is 2. The second-order valence-corrected chi connectivity index (χ2v) is 9.17. The van der Waals surface area contributed by atoms with Gasteiger partial charge in [0.05, 0.1) is 5.41 Å². The van der Waals surface area contributed by atoms with E-state index in [1.54, 1.807) is 0 Å². The van der Waals surface area contributed by atoms with Gasteiger partial charge in [-0.05, 0) is 68.5 Å². The minimum absolute atomic E-state index is 0.112. The van der Waals surface area contributed by atoms with Gasteiger partial charge in [-0.1, -0.05) is 58.4 Å². The van der Waals surface area contributed by atoms with E-state index < -0.39 is 5.41 Å². The Labute approximate surface area is 180 Å². The highest BCUT2D eigenvalue weighted by Gasteiger charge is 2.50. The molecule has 4 nitrogen and oxygen atoms in total. The lowest BCUT2D eigenvalue weighted by Gasteiger charge is -2.46. The third kappa shape index (κ3) is 3.90. The number of nitrogens with one attached hydrogen (secondary N) is 1. The molecule has 0 aromatic heterocycles. The molecule has 0 spiro atoms. The van der Waals surface area contributed by atoms with E-state index in [0.29, 0.717) is 18.9 Å². The summed E-state index contributed by atoms with van der Waals surface area (Å²) in [6, 6.07) is 18.9. The molecule has 0 saturated carbocycles. The van der Waals surface area contributed by atoms with Crippen LogP contribution >= 0.6 is 15.9 Å². The van der Waals surface area contributed by atoms with Crippen LogP contribution in [0.3, 0.4) is 0 Å². The molecule has 0 unspecified atom stereocenters. The normalized spacial score (nSPS) is 24.9. The van der Waals surface area contributed by atoms with Gasteiger partial charge in [0, 0.05) is 16.9 Å². The molecule has 1 N–H and O–H groups in total. The van der Waals surface area contributed by atoms with Crippen LogP contribution in [0.15, 0.2) is 59.1 Å². The van der Waals surface area contributed by atoms with Gasteiger partial charge in [-0.2, -0.15) is 0 Å². The van der Waals surface area contributed by atoms with Crippen molar-refractivity contribution in [1.82, 2.24) is 10.2 Å². The molecule has 5 heteroatoms. The minimum atomic E-state index is -0.595. The Balaban J connectivity index is 1.54. The van der Waals surface area contributed by atoms with Crippen molar-refractivity contribution < 1.29 is 9.59 Å². The first-order valence-electron chi connectivity index (χ1n) is 10.4. The van der Waals surface area contributed by atoms with Crippen molar-refractivity contribution in [3.05, 3.63) is 70.2 Å². The van der Waals surface area contributed by atoms with Crippen molar-refractivity contribution in [2.24, 2.45) is 5.92 Å². The fourth-order valence-electron chi connectivity index (χ4n) is 5.09. The van der Waals surface area contributed by atoms with Crippen molar-refractivity contribution >= 4 is 27.7 Å². The van der Waals surface area contributed by atoms with Crippen molar-refractivity contribution in [2.45, 2.75) is 44.1 Å². The number of carbonyl (C=O) groups excluding carboxylic acids is 2. The average molecular weight is 455 g/mol. The Kier molecular flexibility index (Phi) is 5.88. The van der Waals surface area contributed by atoms with E-state index in [9.17, 15) is 9.59 Å². The second kappa shape index (κ2) is 8.41. The van der Waals surface area contributed by atoms with Gasteiger partial charge >= 0.3 is 0 Å². The molecular formula is C24H27BrN2O2. The van der Waals surface area contributed by atoms with E-state index in [2.05, 4.69) is 57.3 Å². The predicted octanol–water partition coefficient (Wildman–Crippen LogP) is 4.60. The Hall–Kier alpha value is -1.98. The lowest BCUT2D eigenvalue weighted by molar-refractivity contribution is -0.140. The molecule has 2 aromatic carbocycles. The molecule has 4 rings (SSSR count). The molecule has 2 atom stereocenters. The van der Waals surface area contributed by atoms with E-state index in [0.717, 1.165) is 36.0 Å². The van der Waals surface area contributed by atoms with E-state index in [1.807, 2.05) is 30.3 Å². The molecule has 2 fully saturated rings. The van der Waals surface area contributed by atoms with Gasteiger partial charge in [-0.3, -0.25) is 19.8 Å². The van der Waals surface area contributed by atoms with E-state index in [1.165, 1.54) is 5.56 Å². The summed E-state index contributed by atoms with van der Waals surface area (Å²) < 4.78 is 1.09. The zero-order chi connectivity index (χ0) is 20.4. The van der Waals surface area contributed by atoms with Crippen LogP contribution in [0.5, 0.6) is 0 Å². The van der Waals surface area contributed by atoms with Crippen LogP contribution in [-0.4, -0.2) is 29.8 Å². The van der Waals surface area contributed by atoms with Crippen LogP contribution < -0.4 is 5.32 Å². The molecule has 2 aliphatic rings. The molecule has 2 aromatic rings. The quantitative estimate of drug-likeness (QED) is 0.686. The van der Waals surface area contributed by atoms with Gasteiger partial charge in [-0.15, -0.1) is 0 Å². The minimum Gasteiger partial charge on any atom is -0.297 e. The number of likely N-dealkylation sites (tertiary alicyclic amines) is 1. The predicted molar refractivity (Wildman–Crippen MR) is 117 cm³/mol. The molecule has 152 valence electrons. The monoisotopic (exact) mass is 454 g/mol. The summed E-state index contributed by atoms with van der Waals surface area (Å²) in [5, 5.41) is 2.64. The van der Waals surface area contributed by atoms with Gasteiger partial charge in [0.1, 0.15) is 0 Å². The van der Waals surface area contributed by atoms with Gasteiger partial charge in [0.15, 0.2) is 0 Å². The molecular weight excluding hydrogens is 428 g/mol. The maximum Gasteiger partial charge on any atom is 0.237 e. The number of benzene rings is 2. The first-order valence-corrected chi connectivity index (χ1v) is 11.2. The van der Waals surface area contributed by atoms with Crippen LogP contribution in [0.25, 0.3) is 0 Å². The lowest BCUT2D eigenvalue weighted by Crippen LogP contribution is -2.57. The Morgan fingerprint density at radius 3 is 2.31 bits per heavy atom. The molecule has 2 amide bonds. The molecule has 2 heterocycles. The van der Waals surface area contributed by atoms with E-state index >= 15 is 0 Å². The van der Waals surface area contributed by atoms with Crippen molar-refractivity contribution in [1.29, 1.82) is 0 Å². The van der Waals surface area contributed by atoms with Gasteiger partial charge in [0.2, 0.25) is 11.8 Å². The first kappa shape index (κ1) is 20.3. The summed E-state index contributed by atoms with van der Waals surface area (Å²) >= 11 is 3.50. The lowest BCUT2D eigenvalue weighted by atomic mass is 9.62. The third-order valence-electron chi connectivity index (χ3n) is 6.82.